The van der Waals surface area contributed by atoms with Gasteiger partial charge in [-0.2, -0.15) is 0 Å². The first-order chi connectivity index (χ1) is 16.6. The number of benzene rings is 1. The Morgan fingerprint density at radius 3 is 2.82 bits per heavy atom. The van der Waals surface area contributed by atoms with Crippen molar-refractivity contribution in [3.8, 4) is 0 Å². The number of fused-ring (bicyclic) bond motifs is 2. The van der Waals surface area contributed by atoms with E-state index in [-0.39, 0.29) is 5.15 Å². The molecular formula is C26H20ClN3O3S. The maximum atomic E-state index is 13.3. The molecule has 4 aromatic rings. The van der Waals surface area contributed by atoms with Crippen molar-refractivity contribution in [3.05, 3.63) is 87.0 Å². The summed E-state index contributed by atoms with van der Waals surface area (Å²) in [7, 11) is 0. The summed E-state index contributed by atoms with van der Waals surface area (Å²) in [6.45, 7) is -0.437. The van der Waals surface area contributed by atoms with Gasteiger partial charge in [-0.15, -0.1) is 11.3 Å². The van der Waals surface area contributed by atoms with Crippen LogP contribution in [0, 0.1) is 0 Å². The number of esters is 1. The van der Waals surface area contributed by atoms with Crippen LogP contribution in [-0.4, -0.2) is 28.5 Å². The Morgan fingerprint density at radius 1 is 1.12 bits per heavy atom. The number of carbonyl (C=O) groups excluding carboxylic acids is 2. The lowest BCUT2D eigenvalue weighted by atomic mass is 9.86. The molecule has 0 atom stereocenters. The third-order valence-corrected chi connectivity index (χ3v) is 6.72. The highest BCUT2D eigenvalue weighted by Gasteiger charge is 2.26. The van der Waals surface area contributed by atoms with Gasteiger partial charge in [0.2, 0.25) is 0 Å². The highest BCUT2D eigenvalue weighted by atomic mass is 35.5. The summed E-state index contributed by atoms with van der Waals surface area (Å²) in [6.07, 6.45) is 6.18. The number of amides is 1. The molecule has 1 aliphatic rings. The third-order valence-electron chi connectivity index (χ3n) is 5.60. The smallest absolute Gasteiger partial charge is 0.339 e. The highest BCUT2D eigenvalue weighted by Crippen LogP contribution is 2.36. The predicted octanol–water partition coefficient (Wildman–Crippen LogP) is 6.02. The first-order valence-corrected chi connectivity index (χ1v) is 12.1. The Hall–Kier alpha value is -3.55. The number of hydrogen-bond donors (Lipinski definition) is 1. The topological polar surface area (TPSA) is 81.2 Å². The van der Waals surface area contributed by atoms with Crippen LogP contribution in [0.2, 0.25) is 5.15 Å². The minimum Gasteiger partial charge on any atom is -0.452 e. The highest BCUT2D eigenvalue weighted by molar-refractivity contribution is 7.10. The van der Waals surface area contributed by atoms with E-state index in [0.29, 0.717) is 11.3 Å². The lowest BCUT2D eigenvalue weighted by Crippen LogP contribution is -2.22. The maximum absolute atomic E-state index is 13.3. The summed E-state index contributed by atoms with van der Waals surface area (Å²) in [6, 6.07) is 14.9. The van der Waals surface area contributed by atoms with Crippen LogP contribution in [0.15, 0.2) is 60.1 Å². The number of rotatable bonds is 5. The standard InChI is InChI=1S/C26H20ClN3O3S/c27-25-21(11-4-12-28-25)29-22(31)15-33-26(32)23-18-8-1-2-10-20(18)30-24-16(6-3-9-19(23)24)14-17-7-5-13-34-17/h1-2,4-5,7-8,10-14H,3,6,9,15H2,(H,29,31)/b16-14+. The van der Waals surface area contributed by atoms with Crippen molar-refractivity contribution >= 4 is 63.1 Å². The number of carbonyl (C=O) groups is 2. The Morgan fingerprint density at radius 2 is 2.00 bits per heavy atom. The Labute approximate surface area is 205 Å². The number of nitrogens with zero attached hydrogens (tertiary/aromatic N) is 2. The van der Waals surface area contributed by atoms with E-state index in [4.69, 9.17) is 21.3 Å². The number of thiophene rings is 1. The van der Waals surface area contributed by atoms with Crippen molar-refractivity contribution in [2.75, 3.05) is 11.9 Å². The summed E-state index contributed by atoms with van der Waals surface area (Å²) in [5.74, 6) is -1.03. The van der Waals surface area contributed by atoms with Crippen molar-refractivity contribution in [3.63, 3.8) is 0 Å². The lowest BCUT2D eigenvalue weighted by molar-refractivity contribution is -0.119. The molecule has 8 heteroatoms. The lowest BCUT2D eigenvalue weighted by Gasteiger charge is -2.22. The predicted molar refractivity (Wildman–Crippen MR) is 135 cm³/mol. The van der Waals surface area contributed by atoms with Gasteiger partial charge in [-0.25, -0.2) is 14.8 Å². The van der Waals surface area contributed by atoms with E-state index < -0.39 is 18.5 Å². The van der Waals surface area contributed by atoms with Gasteiger partial charge < -0.3 is 10.1 Å². The fraction of sp³-hybridized carbons (Fsp3) is 0.154. The van der Waals surface area contributed by atoms with Gasteiger partial charge in [0.15, 0.2) is 11.8 Å². The monoisotopic (exact) mass is 489 g/mol. The molecule has 0 unspecified atom stereocenters. The molecule has 3 heterocycles. The molecule has 1 aliphatic carbocycles. The van der Waals surface area contributed by atoms with Crippen molar-refractivity contribution in [2.45, 2.75) is 19.3 Å². The van der Waals surface area contributed by atoms with E-state index in [1.165, 1.54) is 6.20 Å². The van der Waals surface area contributed by atoms with E-state index in [1.54, 1.807) is 23.5 Å². The fourth-order valence-corrected chi connectivity index (χ4v) is 4.97. The van der Waals surface area contributed by atoms with E-state index in [0.717, 1.165) is 51.9 Å². The number of hydrogen-bond acceptors (Lipinski definition) is 6. The van der Waals surface area contributed by atoms with Crippen LogP contribution >= 0.6 is 22.9 Å². The quantitative estimate of drug-likeness (QED) is 0.274. The van der Waals surface area contributed by atoms with Gasteiger partial charge in [-0.1, -0.05) is 35.9 Å². The van der Waals surface area contributed by atoms with Crippen molar-refractivity contribution in [2.24, 2.45) is 0 Å². The van der Waals surface area contributed by atoms with E-state index in [2.05, 4.69) is 22.4 Å². The number of allylic oxidation sites excluding steroid dienone is 1. The zero-order valence-electron chi connectivity index (χ0n) is 18.1. The van der Waals surface area contributed by atoms with Gasteiger partial charge in [0.25, 0.3) is 5.91 Å². The fourth-order valence-electron chi connectivity index (χ4n) is 4.12. The second-order valence-corrected chi connectivity index (χ2v) is 9.17. The second-order valence-electron chi connectivity index (χ2n) is 7.84. The molecule has 0 saturated carbocycles. The van der Waals surface area contributed by atoms with Crippen LogP contribution in [0.5, 0.6) is 0 Å². The minimum atomic E-state index is -0.542. The van der Waals surface area contributed by atoms with Crippen molar-refractivity contribution in [1.29, 1.82) is 0 Å². The van der Waals surface area contributed by atoms with Gasteiger partial charge in [-0.3, -0.25) is 4.79 Å². The molecule has 1 N–H and O–H groups in total. The molecule has 34 heavy (non-hydrogen) atoms. The van der Waals surface area contributed by atoms with Crippen LogP contribution in [0.1, 0.15) is 39.3 Å². The molecule has 170 valence electrons. The van der Waals surface area contributed by atoms with Crippen LogP contribution in [0.3, 0.4) is 0 Å². The van der Waals surface area contributed by atoms with Crippen LogP contribution < -0.4 is 5.32 Å². The largest absolute Gasteiger partial charge is 0.452 e. The number of anilines is 1. The van der Waals surface area contributed by atoms with E-state index in [1.807, 2.05) is 35.7 Å². The molecule has 0 fully saturated rings. The molecule has 0 radical (unpaired) electrons. The zero-order valence-corrected chi connectivity index (χ0v) is 19.7. The van der Waals surface area contributed by atoms with Crippen LogP contribution in [0.4, 0.5) is 5.69 Å². The second kappa shape index (κ2) is 9.75. The molecule has 1 aromatic carbocycles. The molecular weight excluding hydrogens is 470 g/mol. The average Bonchev–Trinajstić information content (AvgIpc) is 3.36. The first-order valence-electron chi connectivity index (χ1n) is 10.8. The Bertz CT molecular complexity index is 1420. The normalized spacial score (nSPS) is 14.1. The summed E-state index contributed by atoms with van der Waals surface area (Å²) < 4.78 is 5.46. The molecule has 0 saturated heterocycles. The number of halogens is 1. The van der Waals surface area contributed by atoms with E-state index >= 15 is 0 Å². The van der Waals surface area contributed by atoms with Crippen molar-refractivity contribution in [1.82, 2.24) is 9.97 Å². The number of pyridine rings is 2. The number of ether oxygens (including phenoxy) is 1. The molecule has 0 bridgehead atoms. The summed E-state index contributed by atoms with van der Waals surface area (Å²) >= 11 is 7.66. The Kier molecular flexibility index (Phi) is 6.38. The number of aromatic nitrogens is 2. The number of para-hydroxylation sites is 1. The third kappa shape index (κ3) is 4.58. The average molecular weight is 490 g/mol. The van der Waals surface area contributed by atoms with Gasteiger partial charge in [0, 0.05) is 16.5 Å². The van der Waals surface area contributed by atoms with Gasteiger partial charge in [0.1, 0.15) is 0 Å². The van der Waals surface area contributed by atoms with E-state index in [9.17, 15) is 9.59 Å². The molecule has 5 rings (SSSR count). The van der Waals surface area contributed by atoms with Crippen LogP contribution in [0.25, 0.3) is 22.6 Å². The SMILES string of the molecule is O=C(COC(=O)c1c2c(nc3ccccc13)/C(=C/c1cccs1)CCC2)Nc1cccnc1Cl. The summed E-state index contributed by atoms with van der Waals surface area (Å²) in [5, 5.41) is 5.55. The molecule has 3 aromatic heterocycles. The summed E-state index contributed by atoms with van der Waals surface area (Å²) in [4.78, 5) is 35.7. The van der Waals surface area contributed by atoms with Gasteiger partial charge >= 0.3 is 5.97 Å². The Balaban J connectivity index is 1.46. The summed E-state index contributed by atoms with van der Waals surface area (Å²) in [5.41, 5.74) is 4.36. The van der Waals surface area contributed by atoms with Crippen molar-refractivity contribution < 1.29 is 14.3 Å². The minimum absolute atomic E-state index is 0.168. The molecule has 6 nitrogen and oxygen atoms in total. The van der Waals surface area contributed by atoms with Gasteiger partial charge in [-0.05, 0) is 66.1 Å². The van der Waals surface area contributed by atoms with Crippen LogP contribution in [-0.2, 0) is 16.0 Å². The first kappa shape index (κ1) is 22.3. The molecule has 1 amide bonds. The molecule has 0 spiro atoms. The molecule has 0 aliphatic heterocycles. The zero-order chi connectivity index (χ0) is 23.5. The number of nitrogens with one attached hydrogen (secondary N) is 1. The maximum Gasteiger partial charge on any atom is 0.339 e. The van der Waals surface area contributed by atoms with Gasteiger partial charge in [0.05, 0.1) is 22.5 Å².